The summed E-state index contributed by atoms with van der Waals surface area (Å²) in [6.07, 6.45) is 3.64. The van der Waals surface area contributed by atoms with Gasteiger partial charge in [-0.2, -0.15) is 0 Å². The number of hydrogen-bond donors (Lipinski definition) is 0. The summed E-state index contributed by atoms with van der Waals surface area (Å²) in [6, 6.07) is 4.17. The predicted octanol–water partition coefficient (Wildman–Crippen LogP) is 2.80. The molecule has 0 aromatic heterocycles. The third-order valence-electron chi connectivity index (χ3n) is 2.04. The van der Waals surface area contributed by atoms with Crippen LogP contribution in [0.1, 0.15) is 18.9 Å². The fraction of sp³-hybridized carbons (Fsp3) is 0.308. The van der Waals surface area contributed by atoms with Gasteiger partial charge in [-0.25, -0.2) is 9.18 Å². The minimum atomic E-state index is -0.462. The van der Waals surface area contributed by atoms with Crippen LogP contribution in [0, 0.1) is 5.82 Å². The Balaban J connectivity index is 2.89. The van der Waals surface area contributed by atoms with E-state index in [9.17, 15) is 9.18 Å². The number of esters is 1. The summed E-state index contributed by atoms with van der Waals surface area (Å²) < 4.78 is 22.9. The van der Waals surface area contributed by atoms with Gasteiger partial charge in [-0.15, -0.1) is 0 Å². The highest BCUT2D eigenvalue weighted by Crippen LogP contribution is 2.21. The predicted molar refractivity (Wildman–Crippen MR) is 63.2 cm³/mol. The van der Waals surface area contributed by atoms with E-state index in [1.807, 2.05) is 6.92 Å². The average Bonchev–Trinajstić information content (AvgIpc) is 2.34. The van der Waals surface area contributed by atoms with Gasteiger partial charge in [0.2, 0.25) is 0 Å². The minimum absolute atomic E-state index is 0.369. The largest absolute Gasteiger partial charge is 0.493 e. The summed E-state index contributed by atoms with van der Waals surface area (Å²) in [7, 11) is 1.30. The lowest BCUT2D eigenvalue weighted by Gasteiger charge is -2.08. The first-order valence-corrected chi connectivity index (χ1v) is 5.35. The van der Waals surface area contributed by atoms with Gasteiger partial charge in [-0.3, -0.25) is 0 Å². The van der Waals surface area contributed by atoms with Crippen LogP contribution in [-0.4, -0.2) is 19.7 Å². The number of rotatable bonds is 5. The highest BCUT2D eigenvalue weighted by atomic mass is 19.1. The van der Waals surface area contributed by atoms with E-state index in [-0.39, 0.29) is 5.82 Å². The topological polar surface area (TPSA) is 35.5 Å². The maximum Gasteiger partial charge on any atom is 0.330 e. The molecule has 0 aliphatic heterocycles. The number of carbonyl (C=O) groups is 1. The van der Waals surface area contributed by atoms with E-state index in [1.165, 1.54) is 31.4 Å². The molecule has 1 rings (SSSR count). The molecule has 0 aliphatic carbocycles. The number of benzene rings is 1. The van der Waals surface area contributed by atoms with Crippen LogP contribution in [0.4, 0.5) is 4.39 Å². The lowest BCUT2D eigenvalue weighted by molar-refractivity contribution is -0.134. The Hall–Kier alpha value is -1.84. The van der Waals surface area contributed by atoms with Crippen molar-refractivity contribution < 1.29 is 18.7 Å². The van der Waals surface area contributed by atoms with Gasteiger partial charge in [0.05, 0.1) is 13.7 Å². The van der Waals surface area contributed by atoms with Crippen LogP contribution < -0.4 is 4.74 Å². The van der Waals surface area contributed by atoms with E-state index in [4.69, 9.17) is 4.74 Å². The van der Waals surface area contributed by atoms with Crippen LogP contribution in [0.3, 0.4) is 0 Å². The van der Waals surface area contributed by atoms with E-state index in [2.05, 4.69) is 4.74 Å². The molecule has 0 saturated carbocycles. The standard InChI is InChI=1S/C13H15FO3/c1-3-8-17-12-9-11(14)6-4-10(12)5-7-13(15)16-2/h4-7,9H,3,8H2,1-2H3. The molecule has 4 heteroatoms. The quantitative estimate of drug-likeness (QED) is 0.584. The van der Waals surface area contributed by atoms with Crippen molar-refractivity contribution in [1.29, 1.82) is 0 Å². The molecule has 92 valence electrons. The van der Waals surface area contributed by atoms with Gasteiger partial charge in [-0.1, -0.05) is 6.92 Å². The van der Waals surface area contributed by atoms with Crippen molar-refractivity contribution in [2.24, 2.45) is 0 Å². The van der Waals surface area contributed by atoms with Crippen molar-refractivity contribution in [2.45, 2.75) is 13.3 Å². The maximum atomic E-state index is 13.0. The fourth-order valence-corrected chi connectivity index (χ4v) is 1.21. The zero-order chi connectivity index (χ0) is 12.7. The summed E-state index contributed by atoms with van der Waals surface area (Å²) >= 11 is 0. The lowest BCUT2D eigenvalue weighted by atomic mass is 10.2. The maximum absolute atomic E-state index is 13.0. The Kier molecular flexibility index (Phi) is 5.20. The van der Waals surface area contributed by atoms with Crippen molar-refractivity contribution >= 4 is 12.0 Å². The Bertz CT molecular complexity index is 413. The van der Waals surface area contributed by atoms with Crippen molar-refractivity contribution in [3.63, 3.8) is 0 Å². The summed E-state index contributed by atoms with van der Waals surface area (Å²) in [5, 5.41) is 0. The summed E-state index contributed by atoms with van der Waals surface area (Å²) in [5.41, 5.74) is 0.644. The summed E-state index contributed by atoms with van der Waals surface area (Å²) in [6.45, 7) is 2.46. The number of methoxy groups -OCH3 is 1. The molecule has 0 spiro atoms. The Labute approximate surface area is 99.9 Å². The first-order valence-electron chi connectivity index (χ1n) is 5.35. The molecule has 0 fully saturated rings. The normalized spacial score (nSPS) is 10.5. The SMILES string of the molecule is CCCOc1cc(F)ccc1C=CC(=O)OC. The molecule has 0 radical (unpaired) electrons. The smallest absolute Gasteiger partial charge is 0.330 e. The monoisotopic (exact) mass is 238 g/mol. The zero-order valence-electron chi connectivity index (χ0n) is 9.90. The summed E-state index contributed by atoms with van der Waals surface area (Å²) in [5.74, 6) is -0.408. The van der Waals surface area contributed by atoms with Crippen LogP contribution in [0.25, 0.3) is 6.08 Å². The third-order valence-corrected chi connectivity index (χ3v) is 2.04. The van der Waals surface area contributed by atoms with Crippen molar-refractivity contribution in [3.8, 4) is 5.75 Å². The molecule has 0 aliphatic rings. The highest BCUT2D eigenvalue weighted by Gasteiger charge is 2.03. The Morgan fingerprint density at radius 1 is 1.47 bits per heavy atom. The zero-order valence-corrected chi connectivity index (χ0v) is 9.90. The van der Waals surface area contributed by atoms with E-state index in [1.54, 1.807) is 6.07 Å². The molecule has 0 atom stereocenters. The van der Waals surface area contributed by atoms with Crippen LogP contribution >= 0.6 is 0 Å². The average molecular weight is 238 g/mol. The Morgan fingerprint density at radius 2 is 2.24 bits per heavy atom. The second-order valence-electron chi connectivity index (χ2n) is 3.39. The highest BCUT2D eigenvalue weighted by molar-refractivity contribution is 5.87. The van der Waals surface area contributed by atoms with Crippen LogP contribution in [0.5, 0.6) is 5.75 Å². The lowest BCUT2D eigenvalue weighted by Crippen LogP contribution is -1.98. The van der Waals surface area contributed by atoms with Gasteiger partial charge >= 0.3 is 5.97 Å². The van der Waals surface area contributed by atoms with Crippen molar-refractivity contribution in [3.05, 3.63) is 35.7 Å². The molecule has 0 N–H and O–H groups in total. The van der Waals surface area contributed by atoms with Gasteiger partial charge in [0.15, 0.2) is 0 Å². The van der Waals surface area contributed by atoms with Crippen molar-refractivity contribution in [1.82, 2.24) is 0 Å². The molecule has 0 amide bonds. The first-order chi connectivity index (χ1) is 8.17. The van der Waals surface area contributed by atoms with Crippen LogP contribution in [-0.2, 0) is 9.53 Å². The number of ether oxygens (including phenoxy) is 2. The van der Waals surface area contributed by atoms with Gasteiger partial charge in [0.25, 0.3) is 0 Å². The fourth-order valence-electron chi connectivity index (χ4n) is 1.21. The molecule has 1 aromatic carbocycles. The second kappa shape index (κ2) is 6.68. The molecule has 0 heterocycles. The van der Waals surface area contributed by atoms with Crippen molar-refractivity contribution in [2.75, 3.05) is 13.7 Å². The van der Waals surface area contributed by atoms with E-state index < -0.39 is 5.97 Å². The van der Waals surface area contributed by atoms with E-state index >= 15 is 0 Å². The number of carbonyl (C=O) groups excluding carboxylic acids is 1. The van der Waals surface area contributed by atoms with Gasteiger partial charge < -0.3 is 9.47 Å². The molecular weight excluding hydrogens is 223 g/mol. The minimum Gasteiger partial charge on any atom is -0.493 e. The number of hydrogen-bond acceptors (Lipinski definition) is 3. The first kappa shape index (κ1) is 13.2. The molecular formula is C13H15FO3. The second-order valence-corrected chi connectivity index (χ2v) is 3.39. The molecule has 1 aromatic rings. The van der Waals surface area contributed by atoms with Crippen LogP contribution in [0.2, 0.25) is 0 Å². The molecule has 0 unspecified atom stereocenters. The van der Waals surface area contributed by atoms with E-state index in [0.29, 0.717) is 17.9 Å². The third kappa shape index (κ3) is 4.26. The molecule has 17 heavy (non-hydrogen) atoms. The molecule has 3 nitrogen and oxygen atoms in total. The summed E-state index contributed by atoms with van der Waals surface area (Å²) in [4.78, 5) is 11.0. The Morgan fingerprint density at radius 3 is 2.88 bits per heavy atom. The van der Waals surface area contributed by atoms with Gasteiger partial charge in [0, 0.05) is 17.7 Å². The van der Waals surface area contributed by atoms with Gasteiger partial charge in [-0.05, 0) is 24.6 Å². The number of halogens is 1. The molecule has 0 saturated heterocycles. The van der Waals surface area contributed by atoms with E-state index in [0.717, 1.165) is 6.42 Å². The van der Waals surface area contributed by atoms with Crippen LogP contribution in [0.15, 0.2) is 24.3 Å². The molecule has 0 bridgehead atoms. The van der Waals surface area contributed by atoms with Gasteiger partial charge in [0.1, 0.15) is 11.6 Å².